The third-order valence-electron chi connectivity index (χ3n) is 2.59. The number of carbonyl (C=O) groups excluding carboxylic acids is 1. The Balaban J connectivity index is 2.27. The number of amides is 1. The molecule has 0 unspecified atom stereocenters. The van der Waals surface area contributed by atoms with Gasteiger partial charge in [-0.05, 0) is 55.8 Å². The minimum Gasteiger partial charge on any atom is -0.481 e. The van der Waals surface area contributed by atoms with E-state index in [2.05, 4.69) is 38.4 Å². The Morgan fingerprint density at radius 2 is 2.23 bits per heavy atom. The summed E-state index contributed by atoms with van der Waals surface area (Å²) in [4.78, 5) is 11.9. The summed E-state index contributed by atoms with van der Waals surface area (Å²) in [6.07, 6.45) is 2.43. The number of carbonyl (C=O) groups is 1. The molecule has 5 nitrogen and oxygen atoms in total. The van der Waals surface area contributed by atoms with Crippen molar-refractivity contribution in [3.8, 4) is 5.75 Å². The van der Waals surface area contributed by atoms with Crippen LogP contribution in [0, 0.1) is 0 Å². The monoisotopic (exact) mass is 405 g/mol. The number of hydrogen-bond donors (Lipinski definition) is 3. The standard InChI is InChI=1S/C14H20BrN3O2S2/c1-10(20-12-6-3-5-11(15)9-12)13(19)17-18-14(21)16-7-4-8-22-2/h3,5-6,9-10H,4,7-8H2,1-2H3,(H,17,19)(H2,16,18,21)/t10-/m1/s1. The second-order valence-electron chi connectivity index (χ2n) is 4.43. The molecular weight excluding hydrogens is 386 g/mol. The first kappa shape index (κ1) is 19.1. The van der Waals surface area contributed by atoms with Crippen LogP contribution in [0.2, 0.25) is 0 Å². The van der Waals surface area contributed by atoms with E-state index in [0.717, 1.165) is 23.2 Å². The fraction of sp³-hybridized carbons (Fsp3) is 0.429. The molecule has 22 heavy (non-hydrogen) atoms. The lowest BCUT2D eigenvalue weighted by molar-refractivity contribution is -0.127. The van der Waals surface area contributed by atoms with Crippen LogP contribution in [0.15, 0.2) is 28.7 Å². The van der Waals surface area contributed by atoms with Crippen LogP contribution in [0.5, 0.6) is 5.75 Å². The minimum absolute atomic E-state index is 0.298. The van der Waals surface area contributed by atoms with Crippen LogP contribution in [0.25, 0.3) is 0 Å². The number of hydrogen-bond acceptors (Lipinski definition) is 4. The molecule has 0 radical (unpaired) electrons. The normalized spacial score (nSPS) is 11.4. The van der Waals surface area contributed by atoms with Crippen LogP contribution in [0.4, 0.5) is 0 Å². The fourth-order valence-electron chi connectivity index (χ4n) is 1.48. The van der Waals surface area contributed by atoms with Gasteiger partial charge in [0, 0.05) is 11.0 Å². The summed E-state index contributed by atoms with van der Waals surface area (Å²) in [5.74, 6) is 1.39. The lowest BCUT2D eigenvalue weighted by Gasteiger charge is -2.16. The van der Waals surface area contributed by atoms with Crippen molar-refractivity contribution >= 4 is 50.9 Å². The molecule has 1 aromatic carbocycles. The summed E-state index contributed by atoms with van der Waals surface area (Å²) in [6, 6.07) is 7.32. The third kappa shape index (κ3) is 7.86. The number of halogens is 1. The minimum atomic E-state index is -0.638. The summed E-state index contributed by atoms with van der Waals surface area (Å²) in [5, 5.41) is 3.41. The van der Waals surface area contributed by atoms with E-state index < -0.39 is 6.10 Å². The molecule has 0 fully saturated rings. The van der Waals surface area contributed by atoms with Crippen molar-refractivity contribution in [3.63, 3.8) is 0 Å². The molecule has 1 amide bonds. The number of thiocarbonyl (C=S) groups is 1. The molecule has 1 rings (SSSR count). The lowest BCUT2D eigenvalue weighted by Crippen LogP contribution is -2.50. The molecule has 0 heterocycles. The maximum absolute atomic E-state index is 11.9. The molecule has 0 aliphatic carbocycles. The van der Waals surface area contributed by atoms with Gasteiger partial charge in [0.05, 0.1) is 0 Å². The van der Waals surface area contributed by atoms with Crippen molar-refractivity contribution in [2.75, 3.05) is 18.6 Å². The van der Waals surface area contributed by atoms with Crippen molar-refractivity contribution in [3.05, 3.63) is 28.7 Å². The van der Waals surface area contributed by atoms with Gasteiger partial charge in [-0.2, -0.15) is 11.8 Å². The number of rotatable bonds is 7. The number of nitrogens with one attached hydrogen (secondary N) is 3. The lowest BCUT2D eigenvalue weighted by atomic mass is 10.3. The molecule has 8 heteroatoms. The van der Waals surface area contributed by atoms with Gasteiger partial charge in [-0.1, -0.05) is 22.0 Å². The van der Waals surface area contributed by atoms with Crippen molar-refractivity contribution in [2.24, 2.45) is 0 Å². The highest BCUT2D eigenvalue weighted by molar-refractivity contribution is 9.10. The van der Waals surface area contributed by atoms with Gasteiger partial charge in [0.1, 0.15) is 5.75 Å². The quantitative estimate of drug-likeness (QED) is 0.368. The van der Waals surface area contributed by atoms with Gasteiger partial charge in [0.15, 0.2) is 11.2 Å². The zero-order valence-electron chi connectivity index (χ0n) is 12.5. The van der Waals surface area contributed by atoms with Crippen LogP contribution in [-0.2, 0) is 4.79 Å². The number of thioether (sulfide) groups is 1. The van der Waals surface area contributed by atoms with Gasteiger partial charge >= 0.3 is 0 Å². The van der Waals surface area contributed by atoms with E-state index in [-0.39, 0.29) is 5.91 Å². The molecule has 0 saturated heterocycles. The molecule has 0 bridgehead atoms. The first-order valence-corrected chi connectivity index (χ1v) is 9.37. The second-order valence-corrected chi connectivity index (χ2v) is 6.74. The van der Waals surface area contributed by atoms with Crippen molar-refractivity contribution in [1.82, 2.24) is 16.2 Å². The smallest absolute Gasteiger partial charge is 0.279 e. The molecule has 0 spiro atoms. The number of ether oxygens (including phenoxy) is 1. The largest absolute Gasteiger partial charge is 0.481 e. The molecule has 0 aliphatic rings. The fourth-order valence-corrected chi connectivity index (χ4v) is 2.44. The van der Waals surface area contributed by atoms with Crippen LogP contribution in [0.3, 0.4) is 0 Å². The first-order valence-electron chi connectivity index (χ1n) is 6.77. The van der Waals surface area contributed by atoms with Crippen LogP contribution in [0.1, 0.15) is 13.3 Å². The predicted molar refractivity (Wildman–Crippen MR) is 99.1 cm³/mol. The van der Waals surface area contributed by atoms with E-state index in [1.165, 1.54) is 0 Å². The highest BCUT2D eigenvalue weighted by Gasteiger charge is 2.14. The van der Waals surface area contributed by atoms with E-state index in [1.807, 2.05) is 12.1 Å². The molecule has 0 saturated carbocycles. The SMILES string of the molecule is CSCCCNC(=S)NNC(=O)[C@@H](C)Oc1cccc(Br)c1. The van der Waals surface area contributed by atoms with E-state index >= 15 is 0 Å². The summed E-state index contributed by atoms with van der Waals surface area (Å²) in [7, 11) is 0. The van der Waals surface area contributed by atoms with Crippen molar-refractivity contribution < 1.29 is 9.53 Å². The van der Waals surface area contributed by atoms with Gasteiger partial charge in [-0.15, -0.1) is 0 Å². The molecule has 122 valence electrons. The predicted octanol–water partition coefficient (Wildman–Crippen LogP) is 2.46. The third-order valence-corrected chi connectivity index (χ3v) is 4.02. The Morgan fingerprint density at radius 1 is 1.45 bits per heavy atom. The summed E-state index contributed by atoms with van der Waals surface area (Å²) in [5.41, 5.74) is 5.19. The molecule has 0 aliphatic heterocycles. The Kier molecular flexibility index (Phi) is 9.26. The van der Waals surface area contributed by atoms with E-state index in [1.54, 1.807) is 30.8 Å². The van der Waals surface area contributed by atoms with Crippen molar-refractivity contribution in [1.29, 1.82) is 0 Å². The maximum Gasteiger partial charge on any atom is 0.279 e. The van der Waals surface area contributed by atoms with Gasteiger partial charge in [-0.3, -0.25) is 15.6 Å². The maximum atomic E-state index is 11.9. The summed E-state index contributed by atoms with van der Waals surface area (Å²) < 4.78 is 6.45. The van der Waals surface area contributed by atoms with Gasteiger partial charge < -0.3 is 10.1 Å². The Hall–Kier alpha value is -0.990. The van der Waals surface area contributed by atoms with E-state index in [0.29, 0.717) is 10.9 Å². The van der Waals surface area contributed by atoms with Crippen LogP contribution in [-0.4, -0.2) is 35.7 Å². The van der Waals surface area contributed by atoms with Gasteiger partial charge in [0.25, 0.3) is 5.91 Å². The Bertz CT molecular complexity index is 503. The molecule has 1 atom stereocenters. The Morgan fingerprint density at radius 3 is 2.91 bits per heavy atom. The highest BCUT2D eigenvalue weighted by atomic mass is 79.9. The number of benzene rings is 1. The van der Waals surface area contributed by atoms with Gasteiger partial charge in [0.2, 0.25) is 0 Å². The number of hydrazine groups is 1. The van der Waals surface area contributed by atoms with Crippen LogP contribution < -0.4 is 20.9 Å². The molecular formula is C14H20BrN3O2S2. The first-order chi connectivity index (χ1) is 10.5. The second kappa shape index (κ2) is 10.7. The Labute approximate surface area is 149 Å². The average molecular weight is 406 g/mol. The zero-order valence-corrected chi connectivity index (χ0v) is 15.7. The topological polar surface area (TPSA) is 62.4 Å². The molecule has 1 aromatic rings. The zero-order chi connectivity index (χ0) is 16.4. The summed E-state index contributed by atoms with van der Waals surface area (Å²) in [6.45, 7) is 2.44. The average Bonchev–Trinajstić information content (AvgIpc) is 2.49. The molecule has 3 N–H and O–H groups in total. The van der Waals surface area contributed by atoms with E-state index in [4.69, 9.17) is 17.0 Å². The van der Waals surface area contributed by atoms with E-state index in [9.17, 15) is 4.79 Å². The van der Waals surface area contributed by atoms with Crippen molar-refractivity contribution in [2.45, 2.75) is 19.4 Å². The molecule has 0 aromatic heterocycles. The highest BCUT2D eigenvalue weighted by Crippen LogP contribution is 2.18. The van der Waals surface area contributed by atoms with Crippen LogP contribution >= 0.6 is 39.9 Å². The summed E-state index contributed by atoms with van der Waals surface area (Å²) >= 11 is 10.2. The van der Waals surface area contributed by atoms with Gasteiger partial charge in [-0.25, -0.2) is 0 Å².